The third-order valence-electron chi connectivity index (χ3n) is 1.86. The molecule has 66 valence electrons. The zero-order valence-corrected chi connectivity index (χ0v) is 8.51. The Morgan fingerprint density at radius 2 is 2.25 bits per heavy atom. The van der Waals surface area contributed by atoms with Gasteiger partial charge in [0.2, 0.25) is 0 Å². The van der Waals surface area contributed by atoms with Gasteiger partial charge >= 0.3 is 0 Å². The zero-order valence-electron chi connectivity index (χ0n) is 6.92. The Morgan fingerprint density at radius 1 is 1.58 bits per heavy atom. The molecule has 3 heteroatoms. The molecule has 1 aromatic carbocycles. The molecule has 0 aliphatic heterocycles. The van der Waals surface area contributed by atoms with Gasteiger partial charge in [0.15, 0.2) is 0 Å². The lowest BCUT2D eigenvalue weighted by Gasteiger charge is -2.11. The summed E-state index contributed by atoms with van der Waals surface area (Å²) in [5.41, 5.74) is 6.58. The van der Waals surface area contributed by atoms with Crippen LogP contribution in [0.25, 0.3) is 0 Å². The lowest BCUT2D eigenvalue weighted by Crippen LogP contribution is -2.08. The minimum Gasteiger partial charge on any atom is -0.506 e. The molecule has 1 rings (SSSR count). The van der Waals surface area contributed by atoms with E-state index in [0.29, 0.717) is 4.47 Å². The van der Waals surface area contributed by atoms with E-state index in [1.165, 1.54) is 0 Å². The van der Waals surface area contributed by atoms with Crippen LogP contribution in [0.15, 0.2) is 22.7 Å². The summed E-state index contributed by atoms with van der Waals surface area (Å²) in [6, 6.07) is 5.42. The number of halogens is 1. The Balaban J connectivity index is 3.07. The van der Waals surface area contributed by atoms with E-state index in [4.69, 9.17) is 5.73 Å². The molecule has 0 saturated carbocycles. The summed E-state index contributed by atoms with van der Waals surface area (Å²) in [4.78, 5) is 0. The molecule has 0 aromatic heterocycles. The van der Waals surface area contributed by atoms with Gasteiger partial charge in [-0.1, -0.05) is 19.1 Å². The van der Waals surface area contributed by atoms with Crippen molar-refractivity contribution < 1.29 is 5.11 Å². The van der Waals surface area contributed by atoms with Gasteiger partial charge in [0.1, 0.15) is 5.75 Å². The van der Waals surface area contributed by atoms with Crippen LogP contribution in [-0.2, 0) is 0 Å². The fourth-order valence-corrected chi connectivity index (χ4v) is 1.43. The molecular formula is C9H12BrNO. The third kappa shape index (κ3) is 1.79. The first-order chi connectivity index (χ1) is 5.66. The maximum absolute atomic E-state index is 9.57. The van der Waals surface area contributed by atoms with Crippen LogP contribution in [0.2, 0.25) is 0 Å². The number of nitrogens with two attached hydrogens (primary N) is 1. The van der Waals surface area contributed by atoms with Gasteiger partial charge in [-0.25, -0.2) is 0 Å². The van der Waals surface area contributed by atoms with Crippen molar-refractivity contribution in [2.75, 3.05) is 0 Å². The van der Waals surface area contributed by atoms with Crippen molar-refractivity contribution in [3.8, 4) is 5.75 Å². The molecule has 2 nitrogen and oxygen atoms in total. The summed E-state index contributed by atoms with van der Waals surface area (Å²) < 4.78 is 0.698. The molecule has 0 unspecified atom stereocenters. The highest BCUT2D eigenvalue weighted by Gasteiger charge is 2.10. The summed E-state index contributed by atoms with van der Waals surface area (Å²) >= 11 is 3.24. The first-order valence-electron chi connectivity index (χ1n) is 3.89. The van der Waals surface area contributed by atoms with Crippen molar-refractivity contribution in [2.24, 2.45) is 5.73 Å². The number of hydrogen-bond donors (Lipinski definition) is 2. The van der Waals surface area contributed by atoms with Gasteiger partial charge in [-0.05, 0) is 28.4 Å². The highest BCUT2D eigenvalue weighted by Crippen LogP contribution is 2.31. The monoisotopic (exact) mass is 229 g/mol. The van der Waals surface area contributed by atoms with E-state index in [9.17, 15) is 5.11 Å². The molecule has 0 bridgehead atoms. The van der Waals surface area contributed by atoms with Crippen LogP contribution in [0.4, 0.5) is 0 Å². The molecule has 12 heavy (non-hydrogen) atoms. The fraction of sp³-hybridized carbons (Fsp3) is 0.333. The molecule has 0 amide bonds. The standard InChI is InChI=1S/C9H12BrNO/c1-2-8(11)6-4-3-5-7(10)9(6)12/h3-5,8,12H,2,11H2,1H3/t8-/m1/s1. The van der Waals surface area contributed by atoms with Crippen molar-refractivity contribution in [3.63, 3.8) is 0 Å². The van der Waals surface area contributed by atoms with Gasteiger partial charge < -0.3 is 10.8 Å². The second-order valence-corrected chi connectivity index (χ2v) is 3.55. The molecule has 0 aliphatic rings. The molecule has 0 aliphatic carbocycles. The number of phenols is 1. The molecular weight excluding hydrogens is 218 g/mol. The maximum atomic E-state index is 9.57. The lowest BCUT2D eigenvalue weighted by molar-refractivity contribution is 0.457. The van der Waals surface area contributed by atoms with E-state index in [1.54, 1.807) is 6.07 Å². The van der Waals surface area contributed by atoms with Crippen molar-refractivity contribution >= 4 is 15.9 Å². The van der Waals surface area contributed by atoms with Gasteiger partial charge in [0.25, 0.3) is 0 Å². The van der Waals surface area contributed by atoms with Gasteiger partial charge in [0, 0.05) is 11.6 Å². The average molecular weight is 230 g/mol. The predicted octanol–water partition coefficient (Wildman–Crippen LogP) is 2.56. The van der Waals surface area contributed by atoms with Crippen LogP contribution in [0.5, 0.6) is 5.75 Å². The lowest BCUT2D eigenvalue weighted by atomic mass is 10.0. The second kappa shape index (κ2) is 3.92. The van der Waals surface area contributed by atoms with Gasteiger partial charge in [0.05, 0.1) is 4.47 Å². The van der Waals surface area contributed by atoms with E-state index in [1.807, 2.05) is 19.1 Å². The minimum absolute atomic E-state index is 0.0810. The molecule has 1 aromatic rings. The van der Waals surface area contributed by atoms with Gasteiger partial charge in [-0.15, -0.1) is 0 Å². The predicted molar refractivity (Wildman–Crippen MR) is 53.0 cm³/mol. The van der Waals surface area contributed by atoms with Crippen LogP contribution >= 0.6 is 15.9 Å². The van der Waals surface area contributed by atoms with Crippen molar-refractivity contribution in [2.45, 2.75) is 19.4 Å². The molecule has 0 spiro atoms. The third-order valence-corrected chi connectivity index (χ3v) is 2.50. The Hall–Kier alpha value is -0.540. The van der Waals surface area contributed by atoms with E-state index in [-0.39, 0.29) is 11.8 Å². The van der Waals surface area contributed by atoms with E-state index >= 15 is 0 Å². The smallest absolute Gasteiger partial charge is 0.134 e. The SMILES string of the molecule is CC[C@@H](N)c1cccc(Br)c1O. The first kappa shape index (κ1) is 9.55. The molecule has 0 fully saturated rings. The van der Waals surface area contributed by atoms with Crippen LogP contribution in [0.3, 0.4) is 0 Å². The Bertz CT molecular complexity index is 275. The fourth-order valence-electron chi connectivity index (χ4n) is 1.05. The Morgan fingerprint density at radius 3 is 2.83 bits per heavy atom. The molecule has 1 atom stereocenters. The average Bonchev–Trinajstić information content (AvgIpc) is 2.08. The normalized spacial score (nSPS) is 12.9. The van der Waals surface area contributed by atoms with E-state index < -0.39 is 0 Å². The summed E-state index contributed by atoms with van der Waals surface area (Å²) in [6.45, 7) is 1.99. The van der Waals surface area contributed by atoms with Crippen LogP contribution < -0.4 is 5.73 Å². The largest absolute Gasteiger partial charge is 0.506 e. The van der Waals surface area contributed by atoms with Crippen LogP contribution in [0.1, 0.15) is 24.9 Å². The highest BCUT2D eigenvalue weighted by molar-refractivity contribution is 9.10. The number of benzene rings is 1. The van der Waals surface area contributed by atoms with Crippen molar-refractivity contribution in [1.29, 1.82) is 0 Å². The second-order valence-electron chi connectivity index (χ2n) is 2.69. The van der Waals surface area contributed by atoms with Crippen LogP contribution in [0, 0.1) is 0 Å². The number of phenolic OH excluding ortho intramolecular Hbond substituents is 1. The number of hydrogen-bond acceptors (Lipinski definition) is 2. The first-order valence-corrected chi connectivity index (χ1v) is 4.69. The van der Waals surface area contributed by atoms with E-state index in [0.717, 1.165) is 12.0 Å². The van der Waals surface area contributed by atoms with Gasteiger partial charge in [-0.2, -0.15) is 0 Å². The molecule has 3 N–H and O–H groups in total. The van der Waals surface area contributed by atoms with Crippen molar-refractivity contribution in [1.82, 2.24) is 0 Å². The molecule has 0 heterocycles. The highest BCUT2D eigenvalue weighted by atomic mass is 79.9. The Kier molecular flexibility index (Phi) is 3.12. The summed E-state index contributed by atoms with van der Waals surface area (Å²) in [6.07, 6.45) is 0.823. The maximum Gasteiger partial charge on any atom is 0.134 e. The zero-order chi connectivity index (χ0) is 9.14. The number of aromatic hydroxyl groups is 1. The van der Waals surface area contributed by atoms with Gasteiger partial charge in [-0.3, -0.25) is 0 Å². The van der Waals surface area contributed by atoms with E-state index in [2.05, 4.69) is 15.9 Å². The summed E-state index contributed by atoms with van der Waals surface area (Å²) in [5, 5.41) is 9.57. The Labute approximate surface area is 80.5 Å². The minimum atomic E-state index is -0.0810. The molecule has 0 saturated heterocycles. The summed E-state index contributed by atoms with van der Waals surface area (Å²) in [5.74, 6) is 0.256. The number of para-hydroxylation sites is 1. The number of rotatable bonds is 2. The quantitative estimate of drug-likeness (QED) is 0.820. The summed E-state index contributed by atoms with van der Waals surface area (Å²) in [7, 11) is 0. The topological polar surface area (TPSA) is 46.2 Å². The van der Waals surface area contributed by atoms with Crippen LogP contribution in [-0.4, -0.2) is 5.11 Å². The van der Waals surface area contributed by atoms with Crippen molar-refractivity contribution in [3.05, 3.63) is 28.2 Å². The molecule has 0 radical (unpaired) electrons.